The maximum absolute atomic E-state index is 6.63. The molecule has 272 valence electrons. The molecule has 0 amide bonds. The third kappa shape index (κ3) is 5.40. The van der Waals surface area contributed by atoms with Crippen LogP contribution in [0.2, 0.25) is 0 Å². The Morgan fingerprint density at radius 1 is 0.379 bits per heavy atom. The molecule has 0 saturated carbocycles. The maximum atomic E-state index is 6.63. The molecule has 0 radical (unpaired) electrons. The second-order valence-corrected chi connectivity index (χ2v) is 15.0. The van der Waals surface area contributed by atoms with Crippen LogP contribution in [-0.2, 0) is 0 Å². The molecule has 1 aliphatic heterocycles. The molecular weight excluding hydrogens is 711 g/mol. The van der Waals surface area contributed by atoms with Gasteiger partial charge < -0.3 is 14.2 Å². The molecule has 5 nitrogen and oxygen atoms in total. The van der Waals surface area contributed by atoms with Gasteiger partial charge in [0.05, 0.1) is 0 Å². The molecule has 1 atom stereocenters. The number of rotatable bonds is 5. The van der Waals surface area contributed by atoms with E-state index < -0.39 is 6.17 Å². The van der Waals surface area contributed by atoms with Gasteiger partial charge in [0.15, 0.2) is 5.84 Å². The molecule has 11 aromatic rings. The van der Waals surface area contributed by atoms with Gasteiger partial charge in [-0.3, -0.25) is 0 Å². The summed E-state index contributed by atoms with van der Waals surface area (Å²) in [7, 11) is 0. The summed E-state index contributed by atoms with van der Waals surface area (Å²) in [6.07, 6.45) is -0.429. The number of hydrogen-bond donors (Lipinski definition) is 1. The van der Waals surface area contributed by atoms with E-state index in [1.165, 1.54) is 21.9 Å². The van der Waals surface area contributed by atoms with Gasteiger partial charge in [-0.25, -0.2) is 9.98 Å². The van der Waals surface area contributed by atoms with E-state index in [0.29, 0.717) is 5.84 Å². The predicted molar refractivity (Wildman–Crippen MR) is 239 cm³/mol. The van der Waals surface area contributed by atoms with E-state index in [9.17, 15) is 0 Å². The molecule has 9 aromatic carbocycles. The van der Waals surface area contributed by atoms with E-state index in [4.69, 9.17) is 18.8 Å². The lowest BCUT2D eigenvalue weighted by molar-refractivity contribution is 0.662. The van der Waals surface area contributed by atoms with Crippen LogP contribution in [0.5, 0.6) is 0 Å². The molecule has 12 rings (SSSR count). The number of hydrogen-bond acceptors (Lipinski definition) is 5. The maximum Gasteiger partial charge on any atom is 0.159 e. The van der Waals surface area contributed by atoms with Crippen molar-refractivity contribution in [3.63, 3.8) is 0 Å². The van der Waals surface area contributed by atoms with Crippen molar-refractivity contribution < 1.29 is 8.83 Å². The lowest BCUT2D eigenvalue weighted by Gasteiger charge is -2.24. The summed E-state index contributed by atoms with van der Waals surface area (Å²) < 4.78 is 12.7. The number of para-hydroxylation sites is 1. The van der Waals surface area contributed by atoms with E-state index in [0.717, 1.165) is 88.3 Å². The fourth-order valence-electron chi connectivity index (χ4n) is 8.58. The van der Waals surface area contributed by atoms with Crippen molar-refractivity contribution >= 4 is 77.1 Å². The number of benzene rings is 9. The second kappa shape index (κ2) is 12.9. The van der Waals surface area contributed by atoms with Crippen molar-refractivity contribution in [2.45, 2.75) is 6.17 Å². The lowest BCUT2D eigenvalue weighted by Crippen LogP contribution is -2.33. The average molecular weight is 744 g/mol. The third-order valence-electron chi connectivity index (χ3n) is 11.5. The minimum atomic E-state index is -0.429. The predicted octanol–water partition coefficient (Wildman–Crippen LogP) is 13.6. The van der Waals surface area contributed by atoms with Crippen molar-refractivity contribution in [3.8, 4) is 22.3 Å². The van der Waals surface area contributed by atoms with Gasteiger partial charge in [-0.1, -0.05) is 133 Å². The summed E-state index contributed by atoms with van der Waals surface area (Å²) in [5, 5.41) is 12.7. The molecule has 1 N–H and O–H groups in total. The Morgan fingerprint density at radius 2 is 1.02 bits per heavy atom. The second-order valence-electron chi connectivity index (χ2n) is 15.0. The molecule has 0 spiro atoms. The number of fused-ring (bicyclic) bond motifs is 8. The fraction of sp³-hybridized carbons (Fsp3) is 0.0189. The number of aliphatic imine (C=N–C) groups is 2. The van der Waals surface area contributed by atoms with Crippen molar-refractivity contribution in [2.75, 3.05) is 0 Å². The van der Waals surface area contributed by atoms with Crippen LogP contribution >= 0.6 is 0 Å². The highest BCUT2D eigenvalue weighted by Crippen LogP contribution is 2.39. The Morgan fingerprint density at radius 3 is 1.93 bits per heavy atom. The highest BCUT2D eigenvalue weighted by Gasteiger charge is 2.25. The van der Waals surface area contributed by atoms with Crippen LogP contribution in [0, 0.1) is 0 Å². The summed E-state index contributed by atoms with van der Waals surface area (Å²) in [5.41, 5.74) is 10.9. The number of nitrogens with one attached hydrogen (secondary N) is 1. The highest BCUT2D eigenvalue weighted by molar-refractivity contribution is 6.16. The first kappa shape index (κ1) is 32.5. The van der Waals surface area contributed by atoms with Gasteiger partial charge in [0, 0.05) is 38.2 Å². The Hall–Kier alpha value is -7.76. The zero-order chi connectivity index (χ0) is 38.2. The highest BCUT2D eigenvalue weighted by atomic mass is 16.3. The lowest BCUT2D eigenvalue weighted by atomic mass is 9.98. The van der Waals surface area contributed by atoms with Crippen LogP contribution in [0.1, 0.15) is 22.9 Å². The van der Waals surface area contributed by atoms with Gasteiger partial charge in [0.1, 0.15) is 34.3 Å². The van der Waals surface area contributed by atoms with Crippen LogP contribution in [0.15, 0.2) is 207 Å². The molecule has 2 aromatic heterocycles. The summed E-state index contributed by atoms with van der Waals surface area (Å²) in [6, 6.07) is 65.9. The van der Waals surface area contributed by atoms with E-state index in [1.807, 2.05) is 24.3 Å². The number of furan rings is 2. The molecular formula is C53H33N3O2. The molecule has 0 fully saturated rings. The molecule has 1 unspecified atom stereocenters. The van der Waals surface area contributed by atoms with Gasteiger partial charge in [0.2, 0.25) is 0 Å². The van der Waals surface area contributed by atoms with Gasteiger partial charge in [-0.05, 0) is 98.4 Å². The zero-order valence-electron chi connectivity index (χ0n) is 31.2. The van der Waals surface area contributed by atoms with Crippen molar-refractivity contribution in [1.29, 1.82) is 0 Å². The fourth-order valence-corrected chi connectivity index (χ4v) is 8.58. The monoisotopic (exact) mass is 743 g/mol. The minimum Gasteiger partial charge on any atom is -0.456 e. The SMILES string of the molecule is c1ccc(-c2ccc3ccc(C4=NC(c5cccc6oc7cc(-c8ccc9oc%10ccccc%10c9c8)ccc7c56)NC(c5ccc6ccccc6c5)=N4)cc3c2)cc1. The molecule has 5 heteroatoms. The van der Waals surface area contributed by atoms with Crippen LogP contribution in [0.25, 0.3) is 87.7 Å². The Labute approximate surface area is 333 Å². The molecule has 3 heterocycles. The van der Waals surface area contributed by atoms with E-state index in [1.54, 1.807) is 0 Å². The molecule has 0 aliphatic carbocycles. The number of nitrogens with zero attached hydrogens (tertiary/aromatic N) is 2. The van der Waals surface area contributed by atoms with Crippen LogP contribution < -0.4 is 5.32 Å². The number of amidine groups is 2. The molecule has 1 aliphatic rings. The molecule has 0 bridgehead atoms. The Balaban J connectivity index is 0.985. The smallest absolute Gasteiger partial charge is 0.159 e. The summed E-state index contributed by atoms with van der Waals surface area (Å²) in [6.45, 7) is 0. The quantitative estimate of drug-likeness (QED) is 0.191. The normalized spacial score (nSPS) is 14.4. The Bertz CT molecular complexity index is 3500. The van der Waals surface area contributed by atoms with Crippen LogP contribution in [0.4, 0.5) is 0 Å². The summed E-state index contributed by atoms with van der Waals surface area (Å²) >= 11 is 0. The van der Waals surface area contributed by atoms with Crippen molar-refractivity contribution in [3.05, 3.63) is 205 Å². The largest absolute Gasteiger partial charge is 0.456 e. The topological polar surface area (TPSA) is 63.0 Å². The van der Waals surface area contributed by atoms with Crippen molar-refractivity contribution in [2.24, 2.45) is 9.98 Å². The first-order valence-corrected chi connectivity index (χ1v) is 19.6. The zero-order valence-corrected chi connectivity index (χ0v) is 31.2. The van der Waals surface area contributed by atoms with E-state index >= 15 is 0 Å². The molecule has 0 saturated heterocycles. The van der Waals surface area contributed by atoms with E-state index in [2.05, 4.69) is 169 Å². The standard InChI is InChI=1S/C53H33N3O2/c1-2-9-32(10-3-1)36-20-17-34-19-22-40(29-41(34)28-36)52-54-51(39-21-18-33-11-4-5-12-35(33)27-39)55-53(56-52)44-14-8-16-48-50(44)43-25-23-38(31-49(43)58-48)37-24-26-47-45(30-37)42-13-6-7-15-46(42)57-47/h1-31,53H,(H,54,55,56). The van der Waals surface area contributed by atoms with Gasteiger partial charge in [0.25, 0.3) is 0 Å². The third-order valence-corrected chi connectivity index (χ3v) is 11.5. The summed E-state index contributed by atoms with van der Waals surface area (Å²) in [4.78, 5) is 10.6. The van der Waals surface area contributed by atoms with Crippen molar-refractivity contribution in [1.82, 2.24) is 5.32 Å². The minimum absolute atomic E-state index is 0.429. The van der Waals surface area contributed by atoms with E-state index in [-0.39, 0.29) is 0 Å². The van der Waals surface area contributed by atoms with Gasteiger partial charge in [-0.2, -0.15) is 0 Å². The van der Waals surface area contributed by atoms with Crippen LogP contribution in [-0.4, -0.2) is 11.7 Å². The van der Waals surface area contributed by atoms with Gasteiger partial charge >= 0.3 is 0 Å². The Kier molecular flexibility index (Phi) is 7.23. The first-order valence-electron chi connectivity index (χ1n) is 19.6. The average Bonchev–Trinajstić information content (AvgIpc) is 3.86. The molecule has 58 heavy (non-hydrogen) atoms. The van der Waals surface area contributed by atoms with Gasteiger partial charge in [-0.15, -0.1) is 0 Å². The summed E-state index contributed by atoms with van der Waals surface area (Å²) in [5.74, 6) is 1.45. The first-order chi connectivity index (χ1) is 28.7. The van der Waals surface area contributed by atoms with Crippen LogP contribution in [0.3, 0.4) is 0 Å².